The second kappa shape index (κ2) is 8.96. The predicted molar refractivity (Wildman–Crippen MR) is 124 cm³/mol. The first kappa shape index (κ1) is 21.0. The lowest BCUT2D eigenvalue weighted by Gasteiger charge is -2.36. The van der Waals surface area contributed by atoms with Crippen LogP contribution >= 0.6 is 0 Å². The molecule has 1 aliphatic rings. The van der Waals surface area contributed by atoms with Crippen LogP contribution in [0.3, 0.4) is 0 Å². The first-order valence-electron chi connectivity index (χ1n) is 10.9. The van der Waals surface area contributed by atoms with Gasteiger partial charge in [0.1, 0.15) is 5.78 Å². The molecule has 2 aromatic carbocycles. The molecule has 166 valence electrons. The minimum atomic E-state index is -0.558. The van der Waals surface area contributed by atoms with Crippen LogP contribution < -0.4 is 5.73 Å². The maximum absolute atomic E-state index is 13.7. The van der Waals surface area contributed by atoms with Crippen molar-refractivity contribution < 1.29 is 13.9 Å². The lowest BCUT2D eigenvalue weighted by Crippen LogP contribution is -2.42. The topological polar surface area (TPSA) is 104 Å². The Hall–Kier alpha value is -3.84. The van der Waals surface area contributed by atoms with Gasteiger partial charge in [0, 0.05) is 43.2 Å². The second-order valence-corrected chi connectivity index (χ2v) is 8.26. The van der Waals surface area contributed by atoms with Gasteiger partial charge in [0.05, 0.1) is 11.6 Å². The molecule has 0 aliphatic carbocycles. The SMILES string of the molecule is Nc1ncc(-c2ccc(C3(C(=O)Cc4ccc(-c5cnco5)cc4)CCOCC3)cc2)cn1. The molecule has 7 nitrogen and oxygen atoms in total. The summed E-state index contributed by atoms with van der Waals surface area (Å²) in [5, 5.41) is 0. The standard InChI is InChI=1S/C26H24N4O3/c27-25-29-14-21(15-30-25)19-5-7-22(8-6-19)26(9-11-32-12-10-26)24(31)13-18-1-3-20(4-2-18)23-16-28-17-33-23/h1-8,14-17H,9-13H2,(H2,27,29,30). The maximum atomic E-state index is 13.7. The molecule has 0 saturated carbocycles. The molecule has 0 spiro atoms. The van der Waals surface area contributed by atoms with E-state index in [0.717, 1.165) is 27.8 Å². The molecule has 1 fully saturated rings. The summed E-state index contributed by atoms with van der Waals surface area (Å²) in [5.74, 6) is 1.16. The largest absolute Gasteiger partial charge is 0.444 e. The van der Waals surface area contributed by atoms with E-state index in [1.165, 1.54) is 6.39 Å². The number of nitrogens with zero attached hydrogens (tertiary/aromatic N) is 3. The number of carbonyl (C=O) groups is 1. The third kappa shape index (κ3) is 4.27. The quantitative estimate of drug-likeness (QED) is 0.478. The van der Waals surface area contributed by atoms with Gasteiger partial charge in [-0.05, 0) is 29.5 Å². The van der Waals surface area contributed by atoms with E-state index in [-0.39, 0.29) is 11.7 Å². The van der Waals surface area contributed by atoms with E-state index in [9.17, 15) is 4.79 Å². The number of aromatic nitrogens is 3. The maximum Gasteiger partial charge on any atom is 0.219 e. The third-order valence-electron chi connectivity index (χ3n) is 6.36. The highest BCUT2D eigenvalue weighted by Crippen LogP contribution is 2.38. The van der Waals surface area contributed by atoms with Gasteiger partial charge in [-0.25, -0.2) is 15.0 Å². The van der Waals surface area contributed by atoms with E-state index >= 15 is 0 Å². The molecule has 5 rings (SSSR count). The summed E-state index contributed by atoms with van der Waals surface area (Å²) < 4.78 is 11.0. The molecule has 0 atom stereocenters. The van der Waals surface area contributed by atoms with E-state index < -0.39 is 5.41 Å². The molecule has 0 amide bonds. The molecule has 0 radical (unpaired) electrons. The number of ether oxygens (including phenoxy) is 1. The molecule has 0 bridgehead atoms. The molecule has 2 aromatic heterocycles. The Bertz CT molecular complexity index is 1210. The average molecular weight is 441 g/mol. The zero-order chi connectivity index (χ0) is 22.7. The van der Waals surface area contributed by atoms with Gasteiger partial charge in [0.25, 0.3) is 0 Å². The summed E-state index contributed by atoms with van der Waals surface area (Å²) in [4.78, 5) is 25.8. The lowest BCUT2D eigenvalue weighted by atomic mass is 9.69. The van der Waals surface area contributed by atoms with E-state index in [0.29, 0.717) is 38.2 Å². The fourth-order valence-corrected chi connectivity index (χ4v) is 4.42. The number of rotatable bonds is 6. The summed E-state index contributed by atoms with van der Waals surface area (Å²) in [7, 11) is 0. The van der Waals surface area contributed by atoms with Crippen LogP contribution in [0.1, 0.15) is 24.0 Å². The van der Waals surface area contributed by atoms with Crippen LogP contribution in [-0.4, -0.2) is 33.9 Å². The van der Waals surface area contributed by atoms with Crippen molar-refractivity contribution in [2.24, 2.45) is 0 Å². The van der Waals surface area contributed by atoms with Gasteiger partial charge in [-0.15, -0.1) is 0 Å². The van der Waals surface area contributed by atoms with Gasteiger partial charge in [-0.2, -0.15) is 0 Å². The van der Waals surface area contributed by atoms with Crippen LogP contribution in [0.4, 0.5) is 5.95 Å². The van der Waals surface area contributed by atoms with Crippen LogP contribution in [0.2, 0.25) is 0 Å². The van der Waals surface area contributed by atoms with Crippen molar-refractivity contribution in [1.82, 2.24) is 15.0 Å². The first-order chi connectivity index (χ1) is 16.1. The number of hydrogen-bond donors (Lipinski definition) is 1. The van der Waals surface area contributed by atoms with E-state index in [2.05, 4.69) is 15.0 Å². The molecule has 2 N–H and O–H groups in total. The highest BCUT2D eigenvalue weighted by atomic mass is 16.5. The van der Waals surface area contributed by atoms with E-state index in [4.69, 9.17) is 14.9 Å². The number of ketones is 1. The summed E-state index contributed by atoms with van der Waals surface area (Å²) in [6.45, 7) is 1.15. The first-order valence-corrected chi connectivity index (χ1v) is 10.9. The van der Waals surface area contributed by atoms with Gasteiger partial charge in [-0.3, -0.25) is 4.79 Å². The number of nitrogens with two attached hydrogens (primary N) is 1. The van der Waals surface area contributed by atoms with E-state index in [1.807, 2.05) is 48.5 Å². The fraction of sp³-hybridized carbons (Fsp3) is 0.231. The van der Waals surface area contributed by atoms with Crippen LogP contribution in [0.25, 0.3) is 22.5 Å². The van der Waals surface area contributed by atoms with Crippen molar-refractivity contribution in [3.63, 3.8) is 0 Å². The van der Waals surface area contributed by atoms with Crippen molar-refractivity contribution >= 4 is 11.7 Å². The highest BCUT2D eigenvalue weighted by molar-refractivity contribution is 5.92. The molecule has 4 aromatic rings. The Morgan fingerprint density at radius 1 is 0.879 bits per heavy atom. The third-order valence-corrected chi connectivity index (χ3v) is 6.36. The number of nitrogen functional groups attached to an aromatic ring is 1. The fourth-order valence-electron chi connectivity index (χ4n) is 4.42. The smallest absolute Gasteiger partial charge is 0.219 e. The Balaban J connectivity index is 1.39. The summed E-state index contributed by atoms with van der Waals surface area (Å²) in [5.41, 5.74) is 9.84. The average Bonchev–Trinajstić information content (AvgIpc) is 3.41. The Morgan fingerprint density at radius 3 is 2.18 bits per heavy atom. The number of carbonyl (C=O) groups excluding carboxylic acids is 1. The normalized spacial score (nSPS) is 15.3. The summed E-state index contributed by atoms with van der Waals surface area (Å²) in [6, 6.07) is 16.0. The molecule has 33 heavy (non-hydrogen) atoms. The zero-order valence-corrected chi connectivity index (χ0v) is 18.1. The molecular weight excluding hydrogens is 416 g/mol. The van der Waals surface area contributed by atoms with Crippen LogP contribution in [0.15, 0.2) is 77.9 Å². The van der Waals surface area contributed by atoms with Gasteiger partial charge in [-0.1, -0.05) is 48.5 Å². The van der Waals surface area contributed by atoms with Gasteiger partial charge >= 0.3 is 0 Å². The van der Waals surface area contributed by atoms with Gasteiger partial charge in [0.2, 0.25) is 5.95 Å². The predicted octanol–water partition coefficient (Wildman–Crippen LogP) is 4.24. The minimum absolute atomic E-state index is 0.210. The molecule has 7 heteroatoms. The number of anilines is 1. The summed E-state index contributed by atoms with van der Waals surface area (Å²) >= 11 is 0. The highest BCUT2D eigenvalue weighted by Gasteiger charge is 2.41. The molecule has 0 unspecified atom stereocenters. The van der Waals surface area contributed by atoms with Crippen LogP contribution in [0.5, 0.6) is 0 Å². The monoisotopic (exact) mass is 440 g/mol. The number of benzene rings is 2. The molecule has 1 saturated heterocycles. The van der Waals surface area contributed by atoms with Gasteiger partial charge < -0.3 is 14.9 Å². The lowest BCUT2D eigenvalue weighted by molar-refractivity contribution is -0.127. The zero-order valence-electron chi connectivity index (χ0n) is 18.1. The number of hydrogen-bond acceptors (Lipinski definition) is 7. The van der Waals surface area contributed by atoms with Crippen LogP contribution in [-0.2, 0) is 21.4 Å². The minimum Gasteiger partial charge on any atom is -0.444 e. The van der Waals surface area contributed by atoms with E-state index in [1.54, 1.807) is 18.6 Å². The second-order valence-electron chi connectivity index (χ2n) is 8.26. The van der Waals surface area contributed by atoms with Crippen molar-refractivity contribution in [3.05, 3.63) is 84.6 Å². The summed E-state index contributed by atoms with van der Waals surface area (Å²) in [6.07, 6.45) is 8.21. The Kier molecular flexibility index (Phi) is 5.71. The molecule has 1 aliphatic heterocycles. The Morgan fingerprint density at radius 2 is 1.55 bits per heavy atom. The number of Topliss-reactive ketones (excluding diaryl/α,β-unsaturated/α-hetero) is 1. The van der Waals surface area contributed by atoms with Crippen molar-refractivity contribution in [2.75, 3.05) is 18.9 Å². The number of oxazole rings is 1. The van der Waals surface area contributed by atoms with Gasteiger partial charge in [0.15, 0.2) is 12.2 Å². The Labute approximate surface area is 191 Å². The van der Waals surface area contributed by atoms with Crippen molar-refractivity contribution in [1.29, 1.82) is 0 Å². The molecule has 3 heterocycles. The molecular formula is C26H24N4O3. The van der Waals surface area contributed by atoms with Crippen LogP contribution in [0, 0.1) is 0 Å². The van der Waals surface area contributed by atoms with Crippen molar-refractivity contribution in [2.45, 2.75) is 24.7 Å². The van der Waals surface area contributed by atoms with Crippen molar-refractivity contribution in [3.8, 4) is 22.5 Å².